The lowest BCUT2D eigenvalue weighted by Gasteiger charge is -2.23. The van der Waals surface area contributed by atoms with Gasteiger partial charge in [-0.3, -0.25) is 9.48 Å². The second-order valence-corrected chi connectivity index (χ2v) is 5.89. The minimum atomic E-state index is -0.207. The second-order valence-electron chi connectivity index (χ2n) is 5.89. The zero-order valence-electron chi connectivity index (χ0n) is 13.1. The molecule has 5 nitrogen and oxygen atoms in total. The van der Waals surface area contributed by atoms with Crippen LogP contribution in [-0.4, -0.2) is 46.9 Å². The Bertz CT molecular complexity index is 686. The van der Waals surface area contributed by atoms with Gasteiger partial charge in [-0.15, -0.1) is 0 Å². The first kappa shape index (κ1) is 15.7. The number of rotatable bonds is 3. The molecule has 0 N–H and O–H groups in total. The van der Waals surface area contributed by atoms with Crippen LogP contribution in [-0.2, 0) is 18.2 Å². The molecule has 1 aromatic carbocycles. The average molecular weight is 317 g/mol. The highest BCUT2D eigenvalue weighted by Crippen LogP contribution is 2.17. The zero-order chi connectivity index (χ0) is 16.2. The number of carbonyl (C=O) groups is 1. The first-order valence-electron chi connectivity index (χ1n) is 7.72. The predicted octanol–water partition coefficient (Wildman–Crippen LogP) is 1.89. The lowest BCUT2D eigenvalue weighted by molar-refractivity contribution is 0.0737. The maximum Gasteiger partial charge on any atom is 0.257 e. The number of aromatic nitrogens is 2. The molecule has 23 heavy (non-hydrogen) atoms. The predicted molar refractivity (Wildman–Crippen MR) is 83.5 cm³/mol. The summed E-state index contributed by atoms with van der Waals surface area (Å²) in [6.07, 6.45) is 3.84. The van der Waals surface area contributed by atoms with Crippen LogP contribution in [0.1, 0.15) is 15.9 Å². The van der Waals surface area contributed by atoms with Crippen LogP contribution in [0.15, 0.2) is 36.7 Å². The van der Waals surface area contributed by atoms with Crippen molar-refractivity contribution in [3.05, 3.63) is 53.6 Å². The van der Waals surface area contributed by atoms with Crippen molar-refractivity contribution < 1.29 is 13.9 Å². The maximum atomic E-state index is 13.8. The minimum absolute atomic E-state index is 0.0536. The molecule has 0 saturated carbocycles. The standard InChI is InChI=1S/C17H20FN3O2/c1-20-11-15(9-19-20)17(22)21-6-7-23-12-13(10-21)8-14-4-2-3-5-16(14)18/h2-5,9,11,13H,6-8,10,12H2,1H3. The number of benzene rings is 1. The van der Waals surface area contributed by atoms with Gasteiger partial charge in [0, 0.05) is 32.3 Å². The summed E-state index contributed by atoms with van der Waals surface area (Å²) in [5.74, 6) is -0.181. The van der Waals surface area contributed by atoms with Crippen molar-refractivity contribution in [1.29, 1.82) is 0 Å². The summed E-state index contributed by atoms with van der Waals surface area (Å²) >= 11 is 0. The van der Waals surface area contributed by atoms with Gasteiger partial charge in [-0.05, 0) is 18.1 Å². The van der Waals surface area contributed by atoms with Gasteiger partial charge in [0.1, 0.15) is 5.82 Å². The van der Waals surface area contributed by atoms with Crippen molar-refractivity contribution in [3.63, 3.8) is 0 Å². The van der Waals surface area contributed by atoms with Gasteiger partial charge < -0.3 is 9.64 Å². The van der Waals surface area contributed by atoms with E-state index in [1.807, 2.05) is 6.07 Å². The first-order chi connectivity index (χ1) is 11.1. The van der Waals surface area contributed by atoms with Crippen LogP contribution in [0.5, 0.6) is 0 Å². The third-order valence-corrected chi connectivity index (χ3v) is 4.04. The molecule has 1 fully saturated rings. The molecule has 0 aliphatic carbocycles. The van der Waals surface area contributed by atoms with Crippen molar-refractivity contribution in [2.75, 3.05) is 26.3 Å². The molecule has 0 bridgehead atoms. The number of hydrogen-bond donors (Lipinski definition) is 0. The Hall–Kier alpha value is -2.21. The highest BCUT2D eigenvalue weighted by atomic mass is 19.1. The van der Waals surface area contributed by atoms with E-state index in [1.165, 1.54) is 6.07 Å². The molecular weight excluding hydrogens is 297 g/mol. The highest BCUT2D eigenvalue weighted by Gasteiger charge is 2.24. The molecule has 0 spiro atoms. The number of aryl methyl sites for hydroxylation is 1. The molecule has 3 rings (SSSR count). The highest BCUT2D eigenvalue weighted by molar-refractivity contribution is 5.93. The van der Waals surface area contributed by atoms with Crippen LogP contribution >= 0.6 is 0 Å². The monoisotopic (exact) mass is 317 g/mol. The van der Waals surface area contributed by atoms with Crippen molar-refractivity contribution in [2.24, 2.45) is 13.0 Å². The van der Waals surface area contributed by atoms with Gasteiger partial charge in [-0.25, -0.2) is 4.39 Å². The largest absolute Gasteiger partial charge is 0.379 e. The summed E-state index contributed by atoms with van der Waals surface area (Å²) in [5.41, 5.74) is 1.23. The van der Waals surface area contributed by atoms with Gasteiger partial charge in [0.25, 0.3) is 5.91 Å². The molecule has 2 aromatic rings. The zero-order valence-corrected chi connectivity index (χ0v) is 13.1. The van der Waals surface area contributed by atoms with Crippen LogP contribution in [0.4, 0.5) is 4.39 Å². The van der Waals surface area contributed by atoms with Crippen LogP contribution in [0.25, 0.3) is 0 Å². The van der Waals surface area contributed by atoms with Gasteiger partial charge >= 0.3 is 0 Å². The smallest absolute Gasteiger partial charge is 0.257 e. The summed E-state index contributed by atoms with van der Waals surface area (Å²) in [6, 6.07) is 6.76. The van der Waals surface area contributed by atoms with E-state index in [4.69, 9.17) is 4.74 Å². The fraction of sp³-hybridized carbons (Fsp3) is 0.412. The third kappa shape index (κ3) is 3.76. The number of ether oxygens (including phenoxy) is 1. The molecule has 1 aromatic heterocycles. The summed E-state index contributed by atoms with van der Waals surface area (Å²) < 4.78 is 21.1. The summed E-state index contributed by atoms with van der Waals surface area (Å²) in [7, 11) is 1.78. The Morgan fingerprint density at radius 3 is 3.00 bits per heavy atom. The molecule has 2 heterocycles. The number of halogens is 1. The molecule has 1 amide bonds. The lowest BCUT2D eigenvalue weighted by Crippen LogP contribution is -2.36. The fourth-order valence-corrected chi connectivity index (χ4v) is 2.88. The van der Waals surface area contributed by atoms with Gasteiger partial charge in [0.15, 0.2) is 0 Å². The Morgan fingerprint density at radius 2 is 2.26 bits per heavy atom. The molecule has 1 aliphatic rings. The van der Waals surface area contributed by atoms with Crippen LogP contribution in [0, 0.1) is 11.7 Å². The van der Waals surface area contributed by atoms with E-state index in [0.717, 1.165) is 0 Å². The molecule has 1 unspecified atom stereocenters. The van der Waals surface area contributed by atoms with Gasteiger partial charge in [0.2, 0.25) is 0 Å². The maximum absolute atomic E-state index is 13.8. The second kappa shape index (κ2) is 6.91. The molecular formula is C17H20FN3O2. The van der Waals surface area contributed by atoms with E-state index in [9.17, 15) is 9.18 Å². The Morgan fingerprint density at radius 1 is 1.43 bits per heavy atom. The number of hydrogen-bond acceptors (Lipinski definition) is 3. The molecule has 0 radical (unpaired) electrons. The molecule has 6 heteroatoms. The normalized spacial score (nSPS) is 18.7. The van der Waals surface area contributed by atoms with E-state index in [2.05, 4.69) is 5.10 Å². The average Bonchev–Trinajstić information content (AvgIpc) is 2.84. The fourth-order valence-electron chi connectivity index (χ4n) is 2.88. The molecule has 1 atom stereocenters. The van der Waals surface area contributed by atoms with E-state index >= 15 is 0 Å². The molecule has 122 valence electrons. The summed E-state index contributed by atoms with van der Waals surface area (Å²) in [5, 5.41) is 4.04. The van der Waals surface area contributed by atoms with E-state index in [1.54, 1.807) is 41.2 Å². The first-order valence-corrected chi connectivity index (χ1v) is 7.72. The molecule has 1 aliphatic heterocycles. The third-order valence-electron chi connectivity index (χ3n) is 4.04. The van der Waals surface area contributed by atoms with Crippen LogP contribution < -0.4 is 0 Å². The van der Waals surface area contributed by atoms with Crippen molar-refractivity contribution in [2.45, 2.75) is 6.42 Å². The number of carbonyl (C=O) groups excluding carboxylic acids is 1. The van der Waals surface area contributed by atoms with Gasteiger partial charge in [-0.2, -0.15) is 5.10 Å². The Labute approximate surface area is 134 Å². The summed E-state index contributed by atoms with van der Waals surface area (Å²) in [6.45, 7) is 2.13. The van der Waals surface area contributed by atoms with Crippen molar-refractivity contribution in [3.8, 4) is 0 Å². The number of nitrogens with zero attached hydrogens (tertiary/aromatic N) is 3. The SMILES string of the molecule is Cn1cc(C(=O)N2CCOCC(Cc3ccccc3F)C2)cn1. The Balaban J connectivity index is 1.71. The van der Waals surface area contributed by atoms with Gasteiger partial charge in [0.05, 0.1) is 25.0 Å². The van der Waals surface area contributed by atoms with Crippen LogP contribution in [0.3, 0.4) is 0 Å². The van der Waals surface area contributed by atoms with Crippen molar-refractivity contribution >= 4 is 5.91 Å². The molecule has 1 saturated heterocycles. The van der Waals surface area contributed by atoms with E-state index < -0.39 is 0 Å². The van der Waals surface area contributed by atoms with Gasteiger partial charge in [-0.1, -0.05) is 18.2 Å². The quantitative estimate of drug-likeness (QED) is 0.868. The lowest BCUT2D eigenvalue weighted by atomic mass is 9.99. The minimum Gasteiger partial charge on any atom is -0.379 e. The van der Waals surface area contributed by atoms with E-state index in [0.29, 0.717) is 43.9 Å². The van der Waals surface area contributed by atoms with Crippen molar-refractivity contribution in [1.82, 2.24) is 14.7 Å². The Kier molecular flexibility index (Phi) is 4.71. The summed E-state index contributed by atoms with van der Waals surface area (Å²) in [4.78, 5) is 14.3. The van der Waals surface area contributed by atoms with Crippen LogP contribution in [0.2, 0.25) is 0 Å². The number of amides is 1. The topological polar surface area (TPSA) is 47.4 Å². The van der Waals surface area contributed by atoms with E-state index in [-0.39, 0.29) is 17.6 Å².